The zero-order valence-electron chi connectivity index (χ0n) is 20.8. The van der Waals surface area contributed by atoms with Gasteiger partial charge in [0.2, 0.25) is 5.88 Å². The minimum atomic E-state index is -0.439. The lowest BCUT2D eigenvalue weighted by Crippen LogP contribution is -2.49. The monoisotopic (exact) mass is 477 g/mol. The first-order chi connectivity index (χ1) is 16.5. The standard InChI is InChI=1S/C26H31N5O4/c1-15(2)35-22-17(21(32)27-18-7-6-8-30(23(18)33)19-10-24(19,3)4)9-16-11-31(29-20(16)28-22)26-12-25(5,13-26)34-14-26/h6-9,11,15,19H,10,12-14H2,1-5H3,(H,27,32)/t19-,25?,26?/m1/s1. The smallest absolute Gasteiger partial charge is 0.274 e. The molecule has 4 aliphatic rings. The number of carbonyl (C=O) groups is 1. The number of pyridine rings is 2. The molecule has 2 aliphatic heterocycles. The lowest BCUT2D eigenvalue weighted by Gasteiger charge is -2.42. The average Bonchev–Trinajstić information content (AvgIpc) is 3.11. The molecule has 2 bridgehead atoms. The Morgan fingerprint density at radius 3 is 2.66 bits per heavy atom. The van der Waals surface area contributed by atoms with E-state index in [2.05, 4.69) is 31.1 Å². The predicted molar refractivity (Wildman–Crippen MR) is 131 cm³/mol. The van der Waals surface area contributed by atoms with Gasteiger partial charge in [-0.25, -0.2) is 0 Å². The Kier molecular flexibility index (Phi) is 4.56. The second-order valence-electron chi connectivity index (χ2n) is 11.6. The van der Waals surface area contributed by atoms with Crippen LogP contribution in [0.2, 0.25) is 0 Å². The van der Waals surface area contributed by atoms with E-state index in [-0.39, 0.29) is 51.4 Å². The van der Waals surface area contributed by atoms with Gasteiger partial charge in [0.1, 0.15) is 11.3 Å². The molecule has 2 aliphatic carbocycles. The number of hydrogen-bond acceptors (Lipinski definition) is 6. The molecule has 0 radical (unpaired) electrons. The Morgan fingerprint density at radius 2 is 2.03 bits per heavy atom. The molecule has 2 saturated carbocycles. The number of carbonyl (C=O) groups excluding carboxylic acids is 1. The van der Waals surface area contributed by atoms with E-state index in [1.54, 1.807) is 29.0 Å². The summed E-state index contributed by atoms with van der Waals surface area (Å²) in [7, 11) is 0. The van der Waals surface area contributed by atoms with Gasteiger partial charge in [-0.05, 0) is 50.8 Å². The molecule has 2 saturated heterocycles. The molecule has 3 aromatic heterocycles. The summed E-state index contributed by atoms with van der Waals surface area (Å²) in [5, 5.41) is 8.25. The molecular weight excluding hydrogens is 446 g/mol. The molecule has 1 amide bonds. The maximum atomic E-state index is 13.4. The number of nitrogens with one attached hydrogen (secondary N) is 1. The minimum absolute atomic E-state index is 0.0687. The van der Waals surface area contributed by atoms with Gasteiger partial charge in [0.05, 0.1) is 23.9 Å². The lowest BCUT2D eigenvalue weighted by molar-refractivity contribution is 0.00381. The van der Waals surface area contributed by atoms with Crippen LogP contribution in [0.3, 0.4) is 0 Å². The highest BCUT2D eigenvalue weighted by atomic mass is 16.5. The van der Waals surface area contributed by atoms with Gasteiger partial charge in [0.25, 0.3) is 11.5 Å². The highest BCUT2D eigenvalue weighted by Gasteiger charge is 2.61. The normalized spacial score (nSPS) is 28.2. The van der Waals surface area contributed by atoms with Crippen LogP contribution in [-0.4, -0.2) is 43.6 Å². The molecule has 1 N–H and O–H groups in total. The van der Waals surface area contributed by atoms with Crippen molar-refractivity contribution in [1.82, 2.24) is 19.3 Å². The third-order valence-corrected chi connectivity index (χ3v) is 7.65. The van der Waals surface area contributed by atoms with Gasteiger partial charge < -0.3 is 19.4 Å². The Bertz CT molecular complexity index is 1410. The quantitative estimate of drug-likeness (QED) is 0.578. The van der Waals surface area contributed by atoms with E-state index in [9.17, 15) is 9.59 Å². The number of rotatable bonds is 6. The second-order valence-corrected chi connectivity index (χ2v) is 11.6. The third kappa shape index (κ3) is 3.55. The van der Waals surface area contributed by atoms with Crippen molar-refractivity contribution in [3.63, 3.8) is 0 Å². The average molecular weight is 478 g/mol. The first-order valence-electron chi connectivity index (χ1n) is 12.2. The number of nitrogens with zero attached hydrogens (tertiary/aromatic N) is 4. The van der Waals surface area contributed by atoms with Crippen LogP contribution in [0.15, 0.2) is 35.4 Å². The van der Waals surface area contributed by atoms with E-state index in [1.165, 1.54) is 0 Å². The van der Waals surface area contributed by atoms with Crippen molar-refractivity contribution >= 4 is 22.6 Å². The second kappa shape index (κ2) is 7.16. The number of fused-ring (bicyclic) bond motifs is 2. The number of aromatic nitrogens is 4. The number of hydrogen-bond donors (Lipinski definition) is 1. The summed E-state index contributed by atoms with van der Waals surface area (Å²) in [6.07, 6.45) is 6.28. The maximum absolute atomic E-state index is 13.4. The molecular formula is C26H31N5O4. The molecule has 0 aromatic carbocycles. The molecule has 9 heteroatoms. The van der Waals surface area contributed by atoms with Crippen LogP contribution in [0.5, 0.6) is 5.88 Å². The van der Waals surface area contributed by atoms with E-state index < -0.39 is 5.91 Å². The van der Waals surface area contributed by atoms with Crippen molar-refractivity contribution in [1.29, 1.82) is 0 Å². The summed E-state index contributed by atoms with van der Waals surface area (Å²) in [5.74, 6) is -0.236. The van der Waals surface area contributed by atoms with Gasteiger partial charge in [-0.3, -0.25) is 14.3 Å². The Hall–Kier alpha value is -3.20. The number of anilines is 1. The maximum Gasteiger partial charge on any atom is 0.274 e. The fourth-order valence-corrected chi connectivity index (χ4v) is 5.69. The molecule has 184 valence electrons. The third-order valence-electron chi connectivity index (χ3n) is 7.65. The van der Waals surface area contributed by atoms with Crippen molar-refractivity contribution in [2.24, 2.45) is 5.41 Å². The van der Waals surface area contributed by atoms with Gasteiger partial charge in [-0.1, -0.05) is 13.8 Å². The molecule has 35 heavy (non-hydrogen) atoms. The van der Waals surface area contributed by atoms with Crippen LogP contribution in [0.4, 0.5) is 5.69 Å². The molecule has 5 heterocycles. The van der Waals surface area contributed by atoms with Crippen LogP contribution >= 0.6 is 0 Å². The predicted octanol–water partition coefficient (Wildman–Crippen LogP) is 3.88. The van der Waals surface area contributed by atoms with Gasteiger partial charge in [-0.15, -0.1) is 0 Å². The summed E-state index contributed by atoms with van der Waals surface area (Å²) in [5.41, 5.74) is 0.682. The minimum Gasteiger partial charge on any atom is -0.474 e. The van der Waals surface area contributed by atoms with Gasteiger partial charge in [0, 0.05) is 36.7 Å². The van der Waals surface area contributed by atoms with E-state index >= 15 is 0 Å². The summed E-state index contributed by atoms with van der Waals surface area (Å²) in [6, 6.07) is 5.31. The molecule has 0 unspecified atom stereocenters. The Labute approximate surface area is 203 Å². The summed E-state index contributed by atoms with van der Waals surface area (Å²) in [4.78, 5) is 31.1. The van der Waals surface area contributed by atoms with Gasteiger partial charge in [-0.2, -0.15) is 10.1 Å². The summed E-state index contributed by atoms with van der Waals surface area (Å²) in [6.45, 7) is 10.8. The van der Waals surface area contributed by atoms with E-state index in [0.29, 0.717) is 12.3 Å². The Morgan fingerprint density at radius 1 is 1.29 bits per heavy atom. The van der Waals surface area contributed by atoms with Crippen molar-refractivity contribution < 1.29 is 14.3 Å². The number of ether oxygens (including phenoxy) is 2. The van der Waals surface area contributed by atoms with Crippen LogP contribution < -0.4 is 15.6 Å². The Balaban J connectivity index is 1.34. The summed E-state index contributed by atoms with van der Waals surface area (Å²) < 4.78 is 15.5. The van der Waals surface area contributed by atoms with E-state index in [1.807, 2.05) is 24.7 Å². The molecule has 7 rings (SSSR count). The van der Waals surface area contributed by atoms with Crippen LogP contribution in [0, 0.1) is 5.41 Å². The van der Waals surface area contributed by atoms with Crippen LogP contribution in [-0.2, 0) is 10.3 Å². The molecule has 0 spiro atoms. The van der Waals surface area contributed by atoms with Crippen molar-refractivity contribution in [3.8, 4) is 5.88 Å². The molecule has 1 atom stereocenters. The largest absolute Gasteiger partial charge is 0.474 e. The fourth-order valence-electron chi connectivity index (χ4n) is 5.69. The first kappa shape index (κ1) is 22.3. The van der Waals surface area contributed by atoms with Gasteiger partial charge in [0.15, 0.2) is 5.65 Å². The number of amides is 1. The molecule has 3 aromatic rings. The lowest BCUT2D eigenvalue weighted by atomic mass is 9.69. The fraction of sp³-hybridized carbons (Fsp3) is 0.538. The molecule has 4 fully saturated rings. The van der Waals surface area contributed by atoms with E-state index in [0.717, 1.165) is 24.6 Å². The topological polar surface area (TPSA) is 100 Å². The van der Waals surface area contributed by atoms with Gasteiger partial charge >= 0.3 is 0 Å². The van der Waals surface area contributed by atoms with Crippen molar-refractivity contribution in [2.75, 3.05) is 11.9 Å². The summed E-state index contributed by atoms with van der Waals surface area (Å²) >= 11 is 0. The van der Waals surface area contributed by atoms with Crippen molar-refractivity contribution in [2.45, 2.75) is 77.2 Å². The zero-order valence-corrected chi connectivity index (χ0v) is 20.8. The van der Waals surface area contributed by atoms with Crippen LogP contribution in [0.1, 0.15) is 70.3 Å². The van der Waals surface area contributed by atoms with Crippen LogP contribution in [0.25, 0.3) is 11.0 Å². The SMILES string of the molecule is CC(C)Oc1nc2nn(C34COC(C)(C3)C4)cc2cc1C(=O)Nc1cccn([C@@H]2CC2(C)C)c1=O. The zero-order chi connectivity index (χ0) is 24.8. The highest BCUT2D eigenvalue weighted by Crippen LogP contribution is 2.56. The molecule has 9 nitrogen and oxygen atoms in total. The van der Waals surface area contributed by atoms with Crippen molar-refractivity contribution in [3.05, 3.63) is 46.5 Å². The van der Waals surface area contributed by atoms with E-state index in [4.69, 9.17) is 14.6 Å². The highest BCUT2D eigenvalue weighted by molar-refractivity contribution is 6.07. The first-order valence-corrected chi connectivity index (χ1v) is 12.2.